The predicted molar refractivity (Wildman–Crippen MR) is 132 cm³/mol. The van der Waals surface area contributed by atoms with Crippen molar-refractivity contribution in [1.82, 2.24) is 20.2 Å². The Hall–Kier alpha value is -2.71. The number of rotatable bonds is 6. The Morgan fingerprint density at radius 3 is 2.53 bits per heavy atom. The van der Waals surface area contributed by atoms with Crippen LogP contribution in [0.2, 0.25) is 5.02 Å². The Bertz CT molecular complexity index is 1060. The number of fused-ring (bicyclic) bond motifs is 3. The molecule has 2 fully saturated rings. The number of carbonyl (C=O) groups excluding carboxylic acids is 2. The number of hydrogen-bond acceptors (Lipinski definition) is 6. The fraction of sp³-hybridized carbons (Fsp3) is 0.520. The highest BCUT2D eigenvalue weighted by atomic mass is 35.5. The molecule has 3 atom stereocenters. The standard InChI is InChI=1S/C25H31ClN6O2/c1-15(2)27-11-21(16-3-5-17(26)6-4-16)25(34)31-12-18-7-8-19(13-31)32(18)24-20-9-10-22(33)30-23(20)28-14-29-24/h3-6,14-15,18-19,21,27H,7-13H2,1-2H3,(H,28,29,30,33). The minimum Gasteiger partial charge on any atom is -0.347 e. The first-order chi connectivity index (χ1) is 16.4. The summed E-state index contributed by atoms with van der Waals surface area (Å²) >= 11 is 6.10. The van der Waals surface area contributed by atoms with Crippen LogP contribution in [0.5, 0.6) is 0 Å². The van der Waals surface area contributed by atoms with E-state index < -0.39 is 0 Å². The number of likely N-dealkylation sites (tertiary alicyclic amines) is 1. The van der Waals surface area contributed by atoms with Gasteiger partial charge in [0.05, 0.1) is 5.92 Å². The minimum atomic E-state index is -0.257. The lowest BCUT2D eigenvalue weighted by Crippen LogP contribution is -2.57. The van der Waals surface area contributed by atoms with E-state index >= 15 is 0 Å². The van der Waals surface area contributed by atoms with Gasteiger partial charge in [-0.15, -0.1) is 0 Å². The Morgan fingerprint density at radius 2 is 1.85 bits per heavy atom. The second kappa shape index (κ2) is 9.50. The Morgan fingerprint density at radius 1 is 1.15 bits per heavy atom. The summed E-state index contributed by atoms with van der Waals surface area (Å²) in [5, 5.41) is 7.00. The van der Waals surface area contributed by atoms with Crippen LogP contribution in [0.15, 0.2) is 30.6 Å². The lowest BCUT2D eigenvalue weighted by atomic mass is 9.96. The van der Waals surface area contributed by atoms with Gasteiger partial charge in [-0.1, -0.05) is 37.6 Å². The normalized spacial score (nSPS) is 22.5. The fourth-order valence-electron chi connectivity index (χ4n) is 5.44. The van der Waals surface area contributed by atoms with Crippen LogP contribution in [0.3, 0.4) is 0 Å². The van der Waals surface area contributed by atoms with Crippen molar-refractivity contribution in [3.63, 3.8) is 0 Å². The fourth-order valence-corrected chi connectivity index (χ4v) is 5.57. The number of aromatic nitrogens is 2. The topological polar surface area (TPSA) is 90.5 Å². The molecule has 3 aliphatic rings. The summed E-state index contributed by atoms with van der Waals surface area (Å²) in [6.07, 6.45) is 4.68. The molecule has 1 aromatic carbocycles. The van der Waals surface area contributed by atoms with E-state index in [1.165, 1.54) is 6.33 Å². The summed E-state index contributed by atoms with van der Waals surface area (Å²) in [6, 6.07) is 8.33. The molecule has 2 aromatic rings. The van der Waals surface area contributed by atoms with Gasteiger partial charge in [0.15, 0.2) is 0 Å². The second-order valence-electron chi connectivity index (χ2n) is 9.78. The first-order valence-electron chi connectivity index (χ1n) is 12.1. The van der Waals surface area contributed by atoms with Crippen molar-refractivity contribution in [3.8, 4) is 0 Å². The largest absolute Gasteiger partial charge is 0.347 e. The van der Waals surface area contributed by atoms with Gasteiger partial charge in [0.1, 0.15) is 18.0 Å². The molecule has 1 aromatic heterocycles. The van der Waals surface area contributed by atoms with E-state index in [1.54, 1.807) is 0 Å². The number of nitrogens with zero attached hydrogens (tertiary/aromatic N) is 4. The molecule has 34 heavy (non-hydrogen) atoms. The molecule has 9 heteroatoms. The maximum atomic E-state index is 13.8. The average Bonchev–Trinajstić information content (AvgIpc) is 3.07. The lowest BCUT2D eigenvalue weighted by molar-refractivity contribution is -0.133. The molecule has 2 N–H and O–H groups in total. The molecule has 0 spiro atoms. The molecule has 0 saturated carbocycles. The maximum absolute atomic E-state index is 13.8. The summed E-state index contributed by atoms with van der Waals surface area (Å²) in [5.41, 5.74) is 2.00. The summed E-state index contributed by atoms with van der Waals surface area (Å²) < 4.78 is 0. The van der Waals surface area contributed by atoms with Gasteiger partial charge in [-0.05, 0) is 37.0 Å². The highest BCUT2D eigenvalue weighted by Gasteiger charge is 2.44. The quantitative estimate of drug-likeness (QED) is 0.657. The van der Waals surface area contributed by atoms with Crippen LogP contribution in [0.1, 0.15) is 50.2 Å². The van der Waals surface area contributed by atoms with E-state index in [1.807, 2.05) is 29.2 Å². The number of carbonyl (C=O) groups is 2. The third kappa shape index (κ3) is 4.49. The van der Waals surface area contributed by atoms with Gasteiger partial charge in [-0.25, -0.2) is 9.97 Å². The maximum Gasteiger partial charge on any atom is 0.231 e. The number of nitrogens with one attached hydrogen (secondary N) is 2. The third-order valence-electron chi connectivity index (χ3n) is 7.12. The van der Waals surface area contributed by atoms with Crippen molar-refractivity contribution >= 4 is 35.1 Å². The summed E-state index contributed by atoms with van der Waals surface area (Å²) in [6.45, 7) is 6.12. The molecule has 2 amide bonds. The van der Waals surface area contributed by atoms with Crippen molar-refractivity contribution in [2.24, 2.45) is 0 Å². The van der Waals surface area contributed by atoms with E-state index in [4.69, 9.17) is 11.6 Å². The molecule has 3 unspecified atom stereocenters. The molecular weight excluding hydrogens is 452 g/mol. The predicted octanol–water partition coefficient (Wildman–Crippen LogP) is 2.98. The molecule has 2 saturated heterocycles. The van der Waals surface area contributed by atoms with Crippen molar-refractivity contribution in [1.29, 1.82) is 0 Å². The van der Waals surface area contributed by atoms with Gasteiger partial charge < -0.3 is 20.4 Å². The highest BCUT2D eigenvalue weighted by Crippen LogP contribution is 2.39. The number of hydrogen-bond donors (Lipinski definition) is 2. The Kier molecular flexibility index (Phi) is 6.44. The number of anilines is 2. The number of benzene rings is 1. The van der Waals surface area contributed by atoms with E-state index in [-0.39, 0.29) is 29.8 Å². The molecule has 2 bridgehead atoms. The smallest absolute Gasteiger partial charge is 0.231 e. The zero-order valence-corrected chi connectivity index (χ0v) is 20.4. The van der Waals surface area contributed by atoms with Gasteiger partial charge in [-0.3, -0.25) is 9.59 Å². The second-order valence-corrected chi connectivity index (χ2v) is 10.2. The van der Waals surface area contributed by atoms with Gasteiger partial charge >= 0.3 is 0 Å². The van der Waals surface area contributed by atoms with Gasteiger partial charge in [0.2, 0.25) is 11.8 Å². The average molecular weight is 483 g/mol. The summed E-state index contributed by atoms with van der Waals surface area (Å²) in [4.78, 5) is 38.9. The number of halogens is 1. The van der Waals surface area contributed by atoms with E-state index in [9.17, 15) is 9.59 Å². The molecule has 0 radical (unpaired) electrons. The van der Waals surface area contributed by atoms with Crippen LogP contribution in [-0.4, -0.2) is 64.4 Å². The molecule has 8 nitrogen and oxygen atoms in total. The first-order valence-corrected chi connectivity index (χ1v) is 12.5. The van der Waals surface area contributed by atoms with E-state index in [0.29, 0.717) is 49.4 Å². The Labute approximate surface area is 205 Å². The van der Waals surface area contributed by atoms with E-state index in [2.05, 4.69) is 39.3 Å². The van der Waals surface area contributed by atoms with Gasteiger partial charge in [-0.2, -0.15) is 0 Å². The van der Waals surface area contributed by atoms with Crippen LogP contribution >= 0.6 is 11.6 Å². The van der Waals surface area contributed by atoms with Crippen LogP contribution in [0.4, 0.5) is 11.6 Å². The molecule has 180 valence electrons. The van der Waals surface area contributed by atoms with Crippen LogP contribution in [0.25, 0.3) is 0 Å². The molecule has 0 aliphatic carbocycles. The van der Waals surface area contributed by atoms with Gasteiger partial charge in [0, 0.05) is 54.8 Å². The third-order valence-corrected chi connectivity index (χ3v) is 7.37. The minimum absolute atomic E-state index is 0.00112. The number of piperazine rings is 1. The molecule has 4 heterocycles. The van der Waals surface area contributed by atoms with Crippen LogP contribution in [0, 0.1) is 0 Å². The summed E-state index contributed by atoms with van der Waals surface area (Å²) in [7, 11) is 0. The van der Waals surface area contributed by atoms with Crippen molar-refractivity contribution in [2.75, 3.05) is 29.9 Å². The van der Waals surface area contributed by atoms with Crippen molar-refractivity contribution in [2.45, 2.75) is 63.6 Å². The molecule has 5 rings (SSSR count). The molecule has 3 aliphatic heterocycles. The van der Waals surface area contributed by atoms with Crippen molar-refractivity contribution in [3.05, 3.63) is 46.7 Å². The number of amides is 2. The molecular formula is C25H31ClN6O2. The van der Waals surface area contributed by atoms with Crippen molar-refractivity contribution < 1.29 is 9.59 Å². The SMILES string of the molecule is CC(C)NCC(C(=O)N1CC2CCC(C1)N2c1ncnc2c1CCC(=O)N2)c1ccc(Cl)cc1. The highest BCUT2D eigenvalue weighted by molar-refractivity contribution is 6.30. The first kappa shape index (κ1) is 23.1. The Balaban J connectivity index is 1.36. The zero-order chi connectivity index (χ0) is 23.8. The summed E-state index contributed by atoms with van der Waals surface area (Å²) in [5.74, 6) is 1.44. The van der Waals surface area contributed by atoms with Crippen LogP contribution in [-0.2, 0) is 16.0 Å². The lowest BCUT2D eigenvalue weighted by Gasteiger charge is -2.43. The zero-order valence-electron chi connectivity index (χ0n) is 19.6. The van der Waals surface area contributed by atoms with Gasteiger partial charge in [0.25, 0.3) is 0 Å². The monoisotopic (exact) mass is 482 g/mol. The van der Waals surface area contributed by atoms with E-state index in [0.717, 1.165) is 29.8 Å². The van der Waals surface area contributed by atoms with Crippen LogP contribution < -0.4 is 15.5 Å².